The zero-order valence-corrected chi connectivity index (χ0v) is 21.2. The number of hydrogen-bond acceptors (Lipinski definition) is 4. The van der Waals surface area contributed by atoms with Crippen LogP contribution in [0.1, 0.15) is 53.7 Å². The highest BCUT2D eigenvalue weighted by molar-refractivity contribution is 6.32. The first-order valence-corrected chi connectivity index (χ1v) is 13.0. The third kappa shape index (κ3) is 3.07. The molecule has 1 spiro atoms. The van der Waals surface area contributed by atoms with Gasteiger partial charge in [0.05, 0.1) is 6.04 Å². The summed E-state index contributed by atoms with van der Waals surface area (Å²) in [7, 11) is 0. The van der Waals surface area contributed by atoms with E-state index in [9.17, 15) is 14.4 Å². The van der Waals surface area contributed by atoms with Crippen molar-refractivity contribution in [2.75, 3.05) is 4.90 Å². The van der Waals surface area contributed by atoms with Crippen molar-refractivity contribution in [2.45, 2.75) is 24.9 Å². The topological polar surface area (TPSA) is 54.5 Å². The van der Waals surface area contributed by atoms with Crippen molar-refractivity contribution in [3.8, 4) is 0 Å². The summed E-state index contributed by atoms with van der Waals surface area (Å²) in [5.41, 5.74) is 2.18. The van der Waals surface area contributed by atoms with Crippen LogP contribution in [0.5, 0.6) is 0 Å². The molecule has 0 amide bonds. The van der Waals surface area contributed by atoms with Gasteiger partial charge in [0, 0.05) is 28.3 Å². The Balaban J connectivity index is 1.56. The number of hydrogen-bond donors (Lipinski definition) is 0. The summed E-state index contributed by atoms with van der Waals surface area (Å²) in [5.74, 6) is -2.59. The number of anilines is 1. The lowest BCUT2D eigenvalue weighted by Crippen LogP contribution is -2.48. The lowest BCUT2D eigenvalue weighted by atomic mass is 9.64. The van der Waals surface area contributed by atoms with Gasteiger partial charge in [-0.1, -0.05) is 103 Å². The molecule has 190 valence electrons. The van der Waals surface area contributed by atoms with E-state index in [0.29, 0.717) is 16.7 Å². The molecule has 1 fully saturated rings. The Hall–Kier alpha value is -4.64. The average molecular weight is 514 g/mol. The molecule has 0 unspecified atom stereocenters. The molecule has 4 nitrogen and oxygen atoms in total. The van der Waals surface area contributed by atoms with Crippen molar-refractivity contribution < 1.29 is 18.8 Å². The van der Waals surface area contributed by atoms with E-state index in [2.05, 4.69) is 0 Å². The highest BCUT2D eigenvalue weighted by Crippen LogP contribution is 2.61. The fourth-order valence-electron chi connectivity index (χ4n) is 6.88. The summed E-state index contributed by atoms with van der Waals surface area (Å²) in [6, 6.07) is 26.1. The summed E-state index contributed by atoms with van der Waals surface area (Å²) in [6.07, 6.45) is 3.75. The number of para-hydroxylation sites is 1. The number of fused-ring (bicyclic) bond motifs is 5. The van der Waals surface area contributed by atoms with E-state index in [1.807, 2.05) is 60.4 Å². The second kappa shape index (κ2) is 8.43. The first-order chi connectivity index (χ1) is 18.9. The molecule has 2 heterocycles. The van der Waals surface area contributed by atoms with Crippen LogP contribution in [-0.2, 0) is 0 Å². The Kier molecular flexibility index (Phi) is 5.08. The van der Waals surface area contributed by atoms with Crippen LogP contribution in [0, 0.1) is 18.2 Å². The maximum atomic E-state index is 15.8. The molecular formula is C34H24FNO3. The second-order valence-corrected chi connectivity index (χ2v) is 10.5. The standard InChI is InChI=1S/C34H24FNO3/c1-20-14-16-22(17-15-20)31(37)30-29(25-11-5-6-12-26(25)35)34(32(38)23-9-3-4-10-24(23)33(34)39)28-19-18-21-8-2-7-13-27(21)36(28)30/h2-19,28-30H,1H3/t28-,29-,30+/m1/s1. The van der Waals surface area contributed by atoms with Gasteiger partial charge in [0.1, 0.15) is 17.3 Å². The Morgan fingerprint density at radius 1 is 0.795 bits per heavy atom. The summed E-state index contributed by atoms with van der Waals surface area (Å²) < 4.78 is 15.8. The van der Waals surface area contributed by atoms with Crippen LogP contribution in [0.4, 0.5) is 10.1 Å². The number of carbonyl (C=O) groups is 3. The SMILES string of the molecule is Cc1ccc(C(=O)[C@@H]2[C@@H](c3ccccc3F)C3(C(=O)c4ccccc4C3=O)[C@H]3C=Cc4ccccc4N23)cc1. The number of aryl methyl sites for hydroxylation is 1. The monoisotopic (exact) mass is 513 g/mol. The minimum absolute atomic E-state index is 0.192. The summed E-state index contributed by atoms with van der Waals surface area (Å²) in [4.78, 5) is 45.5. The Morgan fingerprint density at radius 3 is 2.10 bits per heavy atom. The molecule has 3 aliphatic rings. The molecule has 0 aromatic heterocycles. The predicted octanol–water partition coefficient (Wildman–Crippen LogP) is 6.45. The molecule has 5 heteroatoms. The molecule has 3 atom stereocenters. The van der Waals surface area contributed by atoms with E-state index in [-0.39, 0.29) is 22.9 Å². The van der Waals surface area contributed by atoms with Crippen LogP contribution in [0.15, 0.2) is 103 Å². The highest BCUT2D eigenvalue weighted by atomic mass is 19.1. The molecular weight excluding hydrogens is 489 g/mol. The van der Waals surface area contributed by atoms with Crippen molar-refractivity contribution in [3.05, 3.63) is 142 Å². The normalized spacial score (nSPS) is 22.1. The third-order valence-electron chi connectivity index (χ3n) is 8.56. The molecule has 7 rings (SSSR count). The number of ketones is 3. The molecule has 4 aromatic carbocycles. The van der Waals surface area contributed by atoms with Gasteiger partial charge >= 0.3 is 0 Å². The lowest BCUT2D eigenvalue weighted by molar-refractivity contribution is 0.0664. The van der Waals surface area contributed by atoms with E-state index in [1.54, 1.807) is 54.6 Å². The smallest absolute Gasteiger partial charge is 0.185 e. The second-order valence-electron chi connectivity index (χ2n) is 10.5. The van der Waals surface area contributed by atoms with E-state index in [0.717, 1.165) is 16.8 Å². The summed E-state index contributed by atoms with van der Waals surface area (Å²) >= 11 is 0. The molecule has 2 aliphatic heterocycles. The van der Waals surface area contributed by atoms with Gasteiger partial charge in [-0.05, 0) is 30.2 Å². The Bertz CT molecular complexity index is 1690. The van der Waals surface area contributed by atoms with Crippen LogP contribution in [0.2, 0.25) is 0 Å². The minimum atomic E-state index is -1.71. The van der Waals surface area contributed by atoms with Crippen molar-refractivity contribution in [2.24, 2.45) is 5.41 Å². The van der Waals surface area contributed by atoms with Crippen LogP contribution in [0.3, 0.4) is 0 Å². The number of benzene rings is 4. The van der Waals surface area contributed by atoms with Gasteiger partial charge in [-0.25, -0.2) is 4.39 Å². The van der Waals surface area contributed by atoms with Crippen LogP contribution in [0.25, 0.3) is 6.08 Å². The lowest BCUT2D eigenvalue weighted by Gasteiger charge is -2.37. The zero-order chi connectivity index (χ0) is 26.9. The first kappa shape index (κ1) is 23.5. The van der Waals surface area contributed by atoms with Gasteiger partial charge in [-0.3, -0.25) is 14.4 Å². The summed E-state index contributed by atoms with van der Waals surface area (Å²) in [5, 5.41) is 0. The number of nitrogens with zero attached hydrogens (tertiary/aromatic N) is 1. The maximum Gasteiger partial charge on any atom is 0.185 e. The number of carbonyl (C=O) groups excluding carboxylic acids is 3. The van der Waals surface area contributed by atoms with Crippen molar-refractivity contribution in [1.82, 2.24) is 0 Å². The van der Waals surface area contributed by atoms with Crippen molar-refractivity contribution in [1.29, 1.82) is 0 Å². The van der Waals surface area contributed by atoms with Crippen molar-refractivity contribution in [3.63, 3.8) is 0 Å². The molecule has 1 saturated heterocycles. The quantitative estimate of drug-likeness (QED) is 0.233. The van der Waals surface area contributed by atoms with Gasteiger partial charge < -0.3 is 4.90 Å². The minimum Gasteiger partial charge on any atom is -0.352 e. The molecule has 0 bridgehead atoms. The largest absolute Gasteiger partial charge is 0.352 e. The zero-order valence-electron chi connectivity index (χ0n) is 21.2. The van der Waals surface area contributed by atoms with Crippen LogP contribution in [-0.4, -0.2) is 29.4 Å². The van der Waals surface area contributed by atoms with Gasteiger partial charge in [0.25, 0.3) is 0 Å². The molecule has 4 aromatic rings. The Labute approximate surface area is 225 Å². The molecule has 39 heavy (non-hydrogen) atoms. The van der Waals surface area contributed by atoms with Gasteiger partial charge in [0.2, 0.25) is 0 Å². The molecule has 0 radical (unpaired) electrons. The third-order valence-corrected chi connectivity index (χ3v) is 8.56. The fraction of sp³-hybridized carbons (Fsp3) is 0.147. The number of halogens is 1. The van der Waals surface area contributed by atoms with E-state index in [4.69, 9.17) is 0 Å². The molecule has 0 saturated carbocycles. The highest BCUT2D eigenvalue weighted by Gasteiger charge is 2.71. The van der Waals surface area contributed by atoms with Crippen LogP contribution >= 0.6 is 0 Å². The number of Topliss-reactive ketones (excluding diaryl/α,β-unsaturated/α-hetero) is 3. The maximum absolute atomic E-state index is 15.8. The fourth-order valence-corrected chi connectivity index (χ4v) is 6.88. The number of rotatable bonds is 3. The first-order valence-electron chi connectivity index (χ1n) is 13.0. The van der Waals surface area contributed by atoms with Gasteiger partial charge in [-0.15, -0.1) is 0 Å². The van der Waals surface area contributed by atoms with Gasteiger partial charge in [0.15, 0.2) is 17.3 Å². The van der Waals surface area contributed by atoms with E-state index >= 15 is 4.39 Å². The van der Waals surface area contributed by atoms with E-state index in [1.165, 1.54) is 6.07 Å². The van der Waals surface area contributed by atoms with Gasteiger partial charge in [-0.2, -0.15) is 0 Å². The molecule has 1 aliphatic carbocycles. The van der Waals surface area contributed by atoms with Crippen LogP contribution < -0.4 is 4.90 Å². The van der Waals surface area contributed by atoms with Crippen molar-refractivity contribution >= 4 is 29.1 Å². The van der Waals surface area contributed by atoms with E-state index < -0.39 is 29.2 Å². The predicted molar refractivity (Wildman–Crippen MR) is 148 cm³/mol. The Morgan fingerprint density at radius 2 is 1.41 bits per heavy atom. The average Bonchev–Trinajstić information content (AvgIpc) is 3.39. The molecule has 0 N–H and O–H groups in total. The summed E-state index contributed by atoms with van der Waals surface area (Å²) in [6.45, 7) is 1.94.